The average molecular weight is 354 g/mol. The zero-order chi connectivity index (χ0) is 15.6. The second-order valence-electron chi connectivity index (χ2n) is 5.41. The molecule has 1 N–H and O–H groups in total. The molecule has 1 atom stereocenters. The normalized spacial score (nSPS) is 11.6. The molecule has 0 heterocycles. The Morgan fingerprint density at radius 2 is 1.65 bits per heavy atom. The van der Waals surface area contributed by atoms with Crippen molar-refractivity contribution in [2.24, 2.45) is 0 Å². The number of para-hydroxylation sites is 1. The molecule has 0 spiro atoms. The molecule has 0 aliphatic rings. The topological polar surface area (TPSA) is 13.7 Å². The summed E-state index contributed by atoms with van der Waals surface area (Å²) in [7, 11) is 0. The van der Waals surface area contributed by atoms with Crippen molar-refractivity contribution in [2.75, 3.05) is 25.6 Å². The lowest BCUT2D eigenvalue weighted by Gasteiger charge is -2.19. The van der Waals surface area contributed by atoms with Gasteiger partial charge in [-0.25, -0.2) is 0 Å². The lowest BCUT2D eigenvalue weighted by atomic mass is 10.1. The summed E-state index contributed by atoms with van der Waals surface area (Å²) in [5, 5.41) is 0. The lowest BCUT2D eigenvalue weighted by Crippen LogP contribution is -3.11. The molecule has 0 fully saturated rings. The molecule has 23 heavy (non-hydrogen) atoms. The second kappa shape index (κ2) is 11.3. The summed E-state index contributed by atoms with van der Waals surface area (Å²) in [5.41, 5.74) is 2.61. The van der Waals surface area contributed by atoms with Crippen LogP contribution in [0.4, 0.5) is 0 Å². The summed E-state index contributed by atoms with van der Waals surface area (Å²) in [4.78, 5) is 1.45. The number of benzene rings is 2. The summed E-state index contributed by atoms with van der Waals surface area (Å²) in [6, 6.07) is 18.8. The van der Waals surface area contributed by atoms with Crippen LogP contribution in [-0.2, 0) is 13.0 Å². The van der Waals surface area contributed by atoms with Crippen molar-refractivity contribution in [1.29, 1.82) is 0 Å². The van der Waals surface area contributed by atoms with Gasteiger partial charge in [-0.15, -0.1) is 11.6 Å². The molecule has 0 amide bonds. The van der Waals surface area contributed by atoms with Crippen molar-refractivity contribution < 1.29 is 22.0 Å². The van der Waals surface area contributed by atoms with Crippen LogP contribution in [0.25, 0.3) is 0 Å². The minimum atomic E-state index is 0. The van der Waals surface area contributed by atoms with Gasteiger partial charge in [0.05, 0.1) is 12.4 Å². The number of hydrogen-bond donors (Lipinski definition) is 1. The first-order chi connectivity index (χ1) is 10.8. The molecule has 2 aromatic carbocycles. The van der Waals surface area contributed by atoms with Crippen molar-refractivity contribution in [2.45, 2.75) is 19.9 Å². The Morgan fingerprint density at radius 3 is 2.35 bits per heavy atom. The molecule has 2 nitrogen and oxygen atoms in total. The van der Waals surface area contributed by atoms with Crippen molar-refractivity contribution >= 4 is 11.6 Å². The van der Waals surface area contributed by atoms with E-state index in [0.29, 0.717) is 5.88 Å². The number of quaternary nitrogens is 1. The molecule has 0 aliphatic carbocycles. The van der Waals surface area contributed by atoms with Crippen molar-refractivity contribution in [3.63, 3.8) is 0 Å². The highest BCUT2D eigenvalue weighted by molar-refractivity contribution is 6.17. The maximum absolute atomic E-state index is 5.98. The van der Waals surface area contributed by atoms with Gasteiger partial charge in [0.2, 0.25) is 0 Å². The highest BCUT2D eigenvalue weighted by Crippen LogP contribution is 2.17. The number of nitrogens with one attached hydrogen (secondary N) is 1. The van der Waals surface area contributed by atoms with E-state index in [1.54, 1.807) is 0 Å². The number of ether oxygens (including phenoxy) is 1. The van der Waals surface area contributed by atoms with Gasteiger partial charge in [-0.1, -0.05) is 55.5 Å². The third kappa shape index (κ3) is 6.82. The van der Waals surface area contributed by atoms with Crippen LogP contribution >= 0.6 is 11.6 Å². The summed E-state index contributed by atoms with van der Waals surface area (Å²) in [6.07, 6.45) is 0.998. The minimum Gasteiger partial charge on any atom is -1.00 e. The number of rotatable bonds is 9. The molecule has 2 rings (SSSR count). The van der Waals surface area contributed by atoms with Crippen LogP contribution in [0.15, 0.2) is 54.6 Å². The van der Waals surface area contributed by atoms with Gasteiger partial charge in [0, 0.05) is 5.56 Å². The first-order valence-corrected chi connectivity index (χ1v) is 8.51. The van der Waals surface area contributed by atoms with E-state index in [-0.39, 0.29) is 12.4 Å². The van der Waals surface area contributed by atoms with Crippen molar-refractivity contribution in [3.05, 3.63) is 65.7 Å². The largest absolute Gasteiger partial charge is 1.00 e. The molecule has 0 saturated carbocycles. The van der Waals surface area contributed by atoms with Crippen LogP contribution in [0.1, 0.15) is 18.1 Å². The molecule has 0 saturated heterocycles. The van der Waals surface area contributed by atoms with E-state index in [1.165, 1.54) is 16.0 Å². The highest BCUT2D eigenvalue weighted by atomic mass is 35.5. The van der Waals surface area contributed by atoms with E-state index in [4.69, 9.17) is 16.3 Å². The van der Waals surface area contributed by atoms with E-state index in [1.807, 2.05) is 6.07 Å². The molecule has 0 aromatic heterocycles. The van der Waals surface area contributed by atoms with Gasteiger partial charge < -0.3 is 22.0 Å². The monoisotopic (exact) mass is 353 g/mol. The van der Waals surface area contributed by atoms with E-state index >= 15 is 0 Å². The minimum absolute atomic E-state index is 0. The fraction of sp³-hybridized carbons (Fsp3) is 0.368. The van der Waals surface area contributed by atoms with Gasteiger partial charge in [-0.05, 0) is 18.1 Å². The van der Waals surface area contributed by atoms with Gasteiger partial charge >= 0.3 is 0 Å². The summed E-state index contributed by atoms with van der Waals surface area (Å²) in [5.74, 6) is 1.68. The smallest absolute Gasteiger partial charge is 0.137 e. The van der Waals surface area contributed by atoms with Crippen molar-refractivity contribution in [1.82, 2.24) is 0 Å². The third-order valence-electron chi connectivity index (χ3n) is 3.81. The predicted molar refractivity (Wildman–Crippen MR) is 92.9 cm³/mol. The quantitative estimate of drug-likeness (QED) is 0.624. The molecule has 126 valence electrons. The molecule has 0 bridgehead atoms. The molecular formula is C19H25Cl2NO. The van der Waals surface area contributed by atoms with Crippen LogP contribution in [-0.4, -0.2) is 25.6 Å². The first-order valence-electron chi connectivity index (χ1n) is 7.97. The van der Waals surface area contributed by atoms with Gasteiger partial charge in [0.25, 0.3) is 0 Å². The van der Waals surface area contributed by atoms with E-state index in [0.717, 1.165) is 38.4 Å². The summed E-state index contributed by atoms with van der Waals surface area (Å²) in [6.45, 7) is 5.78. The third-order valence-corrected chi connectivity index (χ3v) is 4.00. The van der Waals surface area contributed by atoms with E-state index < -0.39 is 0 Å². The Balaban J connectivity index is 0.00000264. The number of hydrogen-bond acceptors (Lipinski definition) is 1. The van der Waals surface area contributed by atoms with Crippen LogP contribution in [0, 0.1) is 0 Å². The summed E-state index contributed by atoms with van der Waals surface area (Å²) < 4.78 is 5.98. The van der Waals surface area contributed by atoms with Crippen LogP contribution in [0.5, 0.6) is 5.75 Å². The Kier molecular flexibility index (Phi) is 9.77. The Hall–Kier alpha value is -1.22. The standard InChI is InChI=1S/C19H24ClNO.ClH/c1-2-18-10-6-7-11-19(18)22-15-14-21(13-12-20)16-17-8-4-3-5-9-17;/h3-11H,2,12-16H2,1H3;1H. The molecule has 2 aromatic rings. The molecule has 0 aliphatic heterocycles. The first kappa shape index (κ1) is 19.8. The fourth-order valence-electron chi connectivity index (χ4n) is 2.56. The average Bonchev–Trinajstić information content (AvgIpc) is 2.56. The lowest BCUT2D eigenvalue weighted by molar-refractivity contribution is -0.911. The van der Waals surface area contributed by atoms with E-state index in [2.05, 4.69) is 55.5 Å². The number of aryl methyl sites for hydroxylation is 1. The van der Waals surface area contributed by atoms with E-state index in [9.17, 15) is 0 Å². The van der Waals surface area contributed by atoms with Crippen LogP contribution in [0.3, 0.4) is 0 Å². The van der Waals surface area contributed by atoms with Crippen LogP contribution < -0.4 is 22.0 Å². The number of alkyl halides is 1. The predicted octanol–water partition coefficient (Wildman–Crippen LogP) is -0.0443. The molecule has 1 unspecified atom stereocenters. The second-order valence-corrected chi connectivity index (χ2v) is 5.79. The molecule has 4 heteroatoms. The Labute approximate surface area is 150 Å². The van der Waals surface area contributed by atoms with Gasteiger partial charge in [-0.2, -0.15) is 0 Å². The maximum Gasteiger partial charge on any atom is 0.137 e. The zero-order valence-corrected chi connectivity index (χ0v) is 15.1. The molecular weight excluding hydrogens is 329 g/mol. The molecule has 0 radical (unpaired) electrons. The van der Waals surface area contributed by atoms with Gasteiger partial charge in [0.1, 0.15) is 25.4 Å². The van der Waals surface area contributed by atoms with Crippen LogP contribution in [0.2, 0.25) is 0 Å². The van der Waals surface area contributed by atoms with Crippen molar-refractivity contribution in [3.8, 4) is 5.75 Å². The SMILES string of the molecule is CCc1ccccc1OCC[NH+](CCCl)Cc1ccccc1.[Cl-]. The maximum atomic E-state index is 5.98. The number of halogens is 2. The highest BCUT2D eigenvalue weighted by Gasteiger charge is 2.10. The summed E-state index contributed by atoms with van der Waals surface area (Å²) >= 11 is 5.94. The fourth-order valence-corrected chi connectivity index (χ4v) is 2.83. The Morgan fingerprint density at radius 1 is 0.957 bits per heavy atom. The van der Waals surface area contributed by atoms with Gasteiger partial charge in [0.15, 0.2) is 0 Å². The van der Waals surface area contributed by atoms with Gasteiger partial charge in [-0.3, -0.25) is 0 Å². The zero-order valence-electron chi connectivity index (χ0n) is 13.6. The Bertz CT molecular complexity index is 548.